The predicted molar refractivity (Wildman–Crippen MR) is 70.0 cm³/mol. The van der Waals surface area contributed by atoms with E-state index in [1.54, 1.807) is 0 Å². The van der Waals surface area contributed by atoms with Crippen LogP contribution < -0.4 is 4.90 Å². The van der Waals surface area contributed by atoms with Gasteiger partial charge in [0.1, 0.15) is 0 Å². The lowest BCUT2D eigenvalue weighted by Gasteiger charge is -2.15. The van der Waals surface area contributed by atoms with Crippen LogP contribution in [0.25, 0.3) is 0 Å². The summed E-state index contributed by atoms with van der Waals surface area (Å²) in [5.74, 6) is -1.62. The van der Waals surface area contributed by atoms with Crippen LogP contribution >= 0.6 is 23.2 Å². The quantitative estimate of drug-likeness (QED) is 0.660. The fraction of sp³-hybridized carbons (Fsp3) is 0.200. The van der Waals surface area contributed by atoms with Gasteiger partial charge in [-0.2, -0.15) is 8.42 Å². The number of rotatable bonds is 3. The van der Waals surface area contributed by atoms with Gasteiger partial charge in [-0.3, -0.25) is 14.1 Å². The van der Waals surface area contributed by atoms with Crippen LogP contribution in [0.15, 0.2) is 18.2 Å². The summed E-state index contributed by atoms with van der Waals surface area (Å²) in [4.78, 5) is 24.4. The van der Waals surface area contributed by atoms with Crippen molar-refractivity contribution >= 4 is 51.1 Å². The van der Waals surface area contributed by atoms with Crippen LogP contribution in [0, 0.1) is 0 Å². The predicted octanol–water partition coefficient (Wildman–Crippen LogP) is 1.44. The summed E-state index contributed by atoms with van der Waals surface area (Å²) in [7, 11) is -4.84. The first-order chi connectivity index (χ1) is 9.17. The van der Waals surface area contributed by atoms with Crippen molar-refractivity contribution in [3.8, 4) is 0 Å². The van der Waals surface area contributed by atoms with Crippen LogP contribution in [-0.4, -0.2) is 30.9 Å². The Morgan fingerprint density at radius 2 is 1.75 bits per heavy atom. The van der Waals surface area contributed by atoms with Crippen molar-refractivity contribution in [1.29, 1.82) is 0 Å². The fourth-order valence-corrected chi connectivity index (χ4v) is 2.72. The van der Waals surface area contributed by atoms with Crippen molar-refractivity contribution in [3.05, 3.63) is 28.2 Å². The summed E-state index contributed by atoms with van der Waals surface area (Å²) in [6.45, 7) is 0. The van der Waals surface area contributed by atoms with Crippen molar-refractivity contribution in [2.24, 2.45) is 0 Å². The van der Waals surface area contributed by atoms with Gasteiger partial charge >= 0.3 is 10.4 Å². The van der Waals surface area contributed by atoms with Gasteiger partial charge in [0.25, 0.3) is 5.91 Å². The number of carbonyl (C=O) groups excluding carboxylic acids is 2. The molecule has 7 nitrogen and oxygen atoms in total. The third kappa shape index (κ3) is 3.28. The molecule has 0 aliphatic carbocycles. The number of nitrogens with zero attached hydrogens (tertiary/aromatic N) is 1. The average molecular weight is 340 g/mol. The molecule has 0 aromatic heterocycles. The number of anilines is 1. The molecule has 0 unspecified atom stereocenters. The molecule has 1 saturated heterocycles. The molecule has 1 aromatic rings. The van der Waals surface area contributed by atoms with E-state index in [-0.39, 0.29) is 15.7 Å². The van der Waals surface area contributed by atoms with E-state index in [0.717, 1.165) is 0 Å². The van der Waals surface area contributed by atoms with Crippen LogP contribution in [0.3, 0.4) is 0 Å². The number of carbonyl (C=O) groups is 2. The second-order valence-corrected chi connectivity index (χ2v) is 5.83. The van der Waals surface area contributed by atoms with Crippen LogP contribution in [0.5, 0.6) is 0 Å². The molecule has 0 spiro atoms. The van der Waals surface area contributed by atoms with E-state index in [9.17, 15) is 18.0 Å². The number of benzene rings is 1. The lowest BCUT2D eigenvalue weighted by molar-refractivity contribution is -0.123. The first-order valence-electron chi connectivity index (χ1n) is 5.16. The molecule has 0 saturated carbocycles. The highest BCUT2D eigenvalue weighted by molar-refractivity contribution is 7.80. The second-order valence-electron chi connectivity index (χ2n) is 3.91. The highest BCUT2D eigenvalue weighted by Gasteiger charge is 2.42. The summed E-state index contributed by atoms with van der Waals surface area (Å²) >= 11 is 11.5. The van der Waals surface area contributed by atoms with Crippen molar-refractivity contribution in [2.45, 2.75) is 12.5 Å². The van der Waals surface area contributed by atoms with E-state index in [1.807, 2.05) is 0 Å². The highest BCUT2D eigenvalue weighted by Crippen LogP contribution is 2.30. The highest BCUT2D eigenvalue weighted by atomic mass is 35.5. The Kier molecular flexibility index (Phi) is 4.03. The molecule has 1 aliphatic rings. The van der Waals surface area contributed by atoms with Crippen molar-refractivity contribution in [3.63, 3.8) is 0 Å². The maximum atomic E-state index is 11.9. The molecule has 2 amide bonds. The first kappa shape index (κ1) is 15.2. The topological polar surface area (TPSA) is 101 Å². The third-order valence-electron chi connectivity index (χ3n) is 2.45. The molecule has 10 heteroatoms. The summed E-state index contributed by atoms with van der Waals surface area (Å²) < 4.78 is 33.9. The van der Waals surface area contributed by atoms with Gasteiger partial charge in [0.2, 0.25) is 5.91 Å². The average Bonchev–Trinajstić information content (AvgIpc) is 2.50. The van der Waals surface area contributed by atoms with Gasteiger partial charge < -0.3 is 0 Å². The van der Waals surface area contributed by atoms with Crippen LogP contribution in [0.1, 0.15) is 6.42 Å². The summed E-state index contributed by atoms with van der Waals surface area (Å²) in [6, 6.07) is 4.04. The van der Waals surface area contributed by atoms with Gasteiger partial charge in [-0.05, 0) is 18.2 Å². The smallest absolute Gasteiger partial charge is 0.274 e. The van der Waals surface area contributed by atoms with Gasteiger partial charge in [-0.25, -0.2) is 9.08 Å². The minimum absolute atomic E-state index is 0.0962. The molecule has 1 atom stereocenters. The molecule has 20 heavy (non-hydrogen) atoms. The van der Waals surface area contributed by atoms with Crippen molar-refractivity contribution in [1.82, 2.24) is 0 Å². The maximum Gasteiger partial charge on any atom is 0.398 e. The number of imide groups is 1. The minimum Gasteiger partial charge on any atom is -0.274 e. The van der Waals surface area contributed by atoms with E-state index in [0.29, 0.717) is 4.90 Å². The van der Waals surface area contributed by atoms with Gasteiger partial charge in [0.15, 0.2) is 6.10 Å². The van der Waals surface area contributed by atoms with E-state index in [1.165, 1.54) is 18.2 Å². The standard InChI is InChI=1S/C10H7Cl2NO6S/c11-5-1-6(12)3-7(2-5)13-9(14)4-8(10(13)15)19-20(16,17)18/h1-3,8H,4H2,(H,16,17,18)/t8-/m0/s1. The Hall–Kier alpha value is -1.19. The lowest BCUT2D eigenvalue weighted by Crippen LogP contribution is -2.33. The summed E-state index contributed by atoms with van der Waals surface area (Å²) in [5.41, 5.74) is 0.0962. The van der Waals surface area contributed by atoms with Crippen molar-refractivity contribution < 1.29 is 26.7 Å². The molecule has 0 radical (unpaired) electrons. The van der Waals surface area contributed by atoms with E-state index < -0.39 is 34.7 Å². The normalized spacial score (nSPS) is 19.8. The van der Waals surface area contributed by atoms with Gasteiger partial charge in [0.05, 0.1) is 12.1 Å². The molecule has 0 bridgehead atoms. The molecule has 1 heterocycles. The Bertz CT molecular complexity index is 669. The van der Waals surface area contributed by atoms with Gasteiger partial charge in [0, 0.05) is 10.0 Å². The van der Waals surface area contributed by atoms with E-state index >= 15 is 0 Å². The van der Waals surface area contributed by atoms with E-state index in [4.69, 9.17) is 27.8 Å². The molecule has 108 valence electrons. The Balaban J connectivity index is 2.33. The lowest BCUT2D eigenvalue weighted by atomic mass is 10.3. The van der Waals surface area contributed by atoms with Crippen LogP contribution in [-0.2, 0) is 24.2 Å². The number of hydrogen-bond acceptors (Lipinski definition) is 5. The third-order valence-corrected chi connectivity index (χ3v) is 3.36. The Morgan fingerprint density at radius 1 is 1.20 bits per heavy atom. The molecule has 1 N–H and O–H groups in total. The van der Waals surface area contributed by atoms with E-state index in [2.05, 4.69) is 4.18 Å². The molecule has 1 aromatic carbocycles. The van der Waals surface area contributed by atoms with Gasteiger partial charge in [-0.15, -0.1) is 0 Å². The van der Waals surface area contributed by atoms with Crippen LogP contribution in [0.4, 0.5) is 5.69 Å². The number of hydrogen-bond donors (Lipinski definition) is 1. The molecular formula is C10H7Cl2NO6S. The molecule has 2 rings (SSSR count). The number of amides is 2. The fourth-order valence-electron chi connectivity index (χ4n) is 1.77. The SMILES string of the molecule is O=C1C[C@H](OS(=O)(=O)O)C(=O)N1c1cc(Cl)cc(Cl)c1. The molecular weight excluding hydrogens is 333 g/mol. The Morgan fingerprint density at radius 3 is 2.25 bits per heavy atom. The summed E-state index contributed by atoms with van der Waals surface area (Å²) in [5, 5.41) is 0.402. The largest absolute Gasteiger partial charge is 0.398 e. The monoisotopic (exact) mass is 339 g/mol. The number of halogens is 2. The van der Waals surface area contributed by atoms with Crippen molar-refractivity contribution in [2.75, 3.05) is 4.90 Å². The Labute approximate surface area is 124 Å². The summed E-state index contributed by atoms with van der Waals surface area (Å²) in [6.07, 6.45) is -2.11. The maximum absolute atomic E-state index is 11.9. The second kappa shape index (κ2) is 5.30. The van der Waals surface area contributed by atoms with Crippen LogP contribution in [0.2, 0.25) is 10.0 Å². The zero-order chi connectivity index (χ0) is 15.1. The van der Waals surface area contributed by atoms with Gasteiger partial charge in [-0.1, -0.05) is 23.2 Å². The first-order valence-corrected chi connectivity index (χ1v) is 7.28. The molecule has 1 aliphatic heterocycles. The zero-order valence-corrected chi connectivity index (χ0v) is 11.9. The zero-order valence-electron chi connectivity index (χ0n) is 9.62. The minimum atomic E-state index is -4.84. The molecule has 1 fully saturated rings.